The normalized spacial score (nSPS) is 5.33. The molecule has 9 heavy (non-hydrogen) atoms. The van der Waals surface area contributed by atoms with Crippen LogP contribution in [0, 0.1) is 20.2 Å². The molecule has 50 valence electrons. The summed E-state index contributed by atoms with van der Waals surface area (Å²) in [5.74, 6) is 7.67. The SMILES string of the molecule is N[N+](=O)[O-].N[N+](=O)[O-].[KH]. The molecule has 0 saturated carbocycles. The molecule has 0 atom stereocenters. The number of hydrogen-bond donors (Lipinski definition) is 2. The van der Waals surface area contributed by atoms with Gasteiger partial charge < -0.3 is 0 Å². The molecule has 0 aromatic carbocycles. The van der Waals surface area contributed by atoms with Crippen molar-refractivity contribution in [2.75, 3.05) is 0 Å². The maximum absolute atomic E-state index is 8.58. The molecule has 0 spiro atoms. The third-order valence-corrected chi connectivity index (χ3v) is 0. The van der Waals surface area contributed by atoms with Crippen molar-refractivity contribution < 1.29 is 10.1 Å². The zero-order chi connectivity index (χ0) is 7.15. The summed E-state index contributed by atoms with van der Waals surface area (Å²) in [6, 6.07) is 0. The van der Waals surface area contributed by atoms with E-state index in [4.69, 9.17) is 20.2 Å². The van der Waals surface area contributed by atoms with Gasteiger partial charge in [-0.25, -0.2) is 20.2 Å². The molecule has 4 N–H and O–H groups in total. The summed E-state index contributed by atoms with van der Waals surface area (Å²) in [4.78, 5) is 17.2. The Morgan fingerprint density at radius 1 is 1.00 bits per heavy atom. The van der Waals surface area contributed by atoms with Crippen LogP contribution in [0.3, 0.4) is 0 Å². The van der Waals surface area contributed by atoms with Crippen molar-refractivity contribution >= 4 is 51.4 Å². The number of hydrazine groups is 2. The van der Waals surface area contributed by atoms with E-state index in [-0.39, 0.29) is 51.4 Å². The molecule has 0 aliphatic rings. The minimum absolute atomic E-state index is 0. The average molecular weight is 164 g/mol. The molecular formula is H5KN4O4. The Labute approximate surface area is 92.2 Å². The zero-order valence-corrected chi connectivity index (χ0v) is 3.68. The van der Waals surface area contributed by atoms with Gasteiger partial charge in [-0.05, 0) is 0 Å². The Morgan fingerprint density at radius 2 is 1.00 bits per heavy atom. The van der Waals surface area contributed by atoms with Crippen LogP contribution in [0.2, 0.25) is 0 Å². The van der Waals surface area contributed by atoms with Crippen molar-refractivity contribution in [1.29, 1.82) is 0 Å². The first-order chi connectivity index (χ1) is 3.46. The monoisotopic (exact) mass is 164 g/mol. The van der Waals surface area contributed by atoms with E-state index in [1.807, 2.05) is 0 Å². The molecule has 0 heterocycles. The van der Waals surface area contributed by atoms with Crippen LogP contribution in [0.1, 0.15) is 0 Å². The van der Waals surface area contributed by atoms with Crippen LogP contribution in [0.15, 0.2) is 0 Å². The van der Waals surface area contributed by atoms with Gasteiger partial charge in [-0.15, -0.1) is 0 Å². The van der Waals surface area contributed by atoms with Crippen LogP contribution in [0.4, 0.5) is 0 Å². The first kappa shape index (κ1) is 16.0. The fourth-order valence-corrected chi connectivity index (χ4v) is 0. The van der Waals surface area contributed by atoms with Crippen LogP contribution in [-0.4, -0.2) is 61.4 Å². The number of nitro groups is 2. The van der Waals surface area contributed by atoms with Crippen molar-refractivity contribution in [2.45, 2.75) is 0 Å². The number of nitrogens with two attached hydrogens (primary N) is 2. The fourth-order valence-electron chi connectivity index (χ4n) is 0. The fraction of sp³-hybridized carbons (Fsp3) is 0. The summed E-state index contributed by atoms with van der Waals surface area (Å²) in [5.41, 5.74) is 0. The van der Waals surface area contributed by atoms with Crippen molar-refractivity contribution in [3.05, 3.63) is 20.2 Å². The molecule has 0 saturated heterocycles. The first-order valence-corrected chi connectivity index (χ1v) is 1.25. The standard InChI is InChI=1S/K.2H2N2O2.H/c;2*1-2(3)4;/h;2*1H2;. The molecule has 8 nitrogen and oxygen atoms in total. The van der Waals surface area contributed by atoms with Gasteiger partial charge in [0.05, 0.1) is 0 Å². The van der Waals surface area contributed by atoms with Crippen LogP contribution < -0.4 is 11.7 Å². The minimum atomic E-state index is -1.00. The number of hydrogen-bond acceptors (Lipinski definition) is 4. The van der Waals surface area contributed by atoms with Gasteiger partial charge in [0.25, 0.3) is 0 Å². The summed E-state index contributed by atoms with van der Waals surface area (Å²) >= 11 is 0. The van der Waals surface area contributed by atoms with Crippen LogP contribution in [0.25, 0.3) is 0 Å². The predicted molar refractivity (Wildman–Crippen MR) is 29.5 cm³/mol. The van der Waals surface area contributed by atoms with E-state index in [0.717, 1.165) is 0 Å². The Morgan fingerprint density at radius 3 is 1.00 bits per heavy atom. The van der Waals surface area contributed by atoms with E-state index in [9.17, 15) is 0 Å². The molecule has 0 aliphatic carbocycles. The number of rotatable bonds is 0. The Balaban J connectivity index is -0.0000000720. The van der Waals surface area contributed by atoms with Crippen LogP contribution in [0.5, 0.6) is 0 Å². The van der Waals surface area contributed by atoms with Crippen LogP contribution in [-0.2, 0) is 0 Å². The van der Waals surface area contributed by atoms with Gasteiger partial charge in [-0.1, -0.05) is 0 Å². The summed E-state index contributed by atoms with van der Waals surface area (Å²) in [6.45, 7) is 0. The van der Waals surface area contributed by atoms with E-state index in [1.54, 1.807) is 0 Å². The predicted octanol–water partition coefficient (Wildman–Crippen LogP) is -2.37. The Kier molecular flexibility index (Phi) is 19.4. The summed E-state index contributed by atoms with van der Waals surface area (Å²) in [5, 5.41) is 15.2. The zero-order valence-electron chi connectivity index (χ0n) is 3.68. The Bertz CT molecular complexity index is 70.6. The summed E-state index contributed by atoms with van der Waals surface area (Å²) in [7, 11) is 0. The molecule has 0 aliphatic heterocycles. The molecule has 0 rings (SSSR count). The van der Waals surface area contributed by atoms with E-state index in [0.29, 0.717) is 0 Å². The van der Waals surface area contributed by atoms with Gasteiger partial charge in [0.15, 0.2) is 10.1 Å². The van der Waals surface area contributed by atoms with Crippen LogP contribution >= 0.6 is 0 Å². The van der Waals surface area contributed by atoms with E-state index < -0.39 is 10.1 Å². The molecule has 0 aromatic heterocycles. The van der Waals surface area contributed by atoms with Gasteiger partial charge in [0.1, 0.15) is 0 Å². The van der Waals surface area contributed by atoms with Gasteiger partial charge in [0.2, 0.25) is 0 Å². The van der Waals surface area contributed by atoms with Crippen molar-refractivity contribution in [3.63, 3.8) is 0 Å². The number of nitrogens with zero attached hydrogens (tertiary/aromatic N) is 2. The quantitative estimate of drug-likeness (QED) is 0.177. The molecular weight excluding hydrogens is 159 g/mol. The van der Waals surface area contributed by atoms with Gasteiger partial charge in [-0.3, -0.25) is 0 Å². The average Bonchev–Trinajstić information content (AvgIpc) is 1.25. The van der Waals surface area contributed by atoms with Gasteiger partial charge >= 0.3 is 51.4 Å². The molecule has 0 amide bonds. The van der Waals surface area contributed by atoms with Crippen molar-refractivity contribution in [2.24, 2.45) is 11.7 Å². The third kappa shape index (κ3) is 221000. The van der Waals surface area contributed by atoms with Gasteiger partial charge in [0, 0.05) is 0 Å². The topological polar surface area (TPSA) is 138 Å². The second kappa shape index (κ2) is 10.9. The second-order valence-corrected chi connectivity index (χ2v) is 0.571. The first-order valence-electron chi connectivity index (χ1n) is 1.25. The van der Waals surface area contributed by atoms with Crippen molar-refractivity contribution in [3.8, 4) is 0 Å². The molecule has 0 aromatic rings. The van der Waals surface area contributed by atoms with Gasteiger partial charge in [-0.2, -0.15) is 11.7 Å². The second-order valence-electron chi connectivity index (χ2n) is 0.571. The maximum atomic E-state index is 8.58. The Hall–Kier alpha value is 0.0364. The third-order valence-electron chi connectivity index (χ3n) is 0. The van der Waals surface area contributed by atoms with E-state index in [1.165, 1.54) is 0 Å². The molecule has 0 unspecified atom stereocenters. The molecule has 0 fully saturated rings. The molecule has 0 bridgehead atoms. The molecule has 9 heteroatoms. The van der Waals surface area contributed by atoms with Crippen molar-refractivity contribution in [1.82, 2.24) is 0 Å². The molecule has 0 radical (unpaired) electrons. The summed E-state index contributed by atoms with van der Waals surface area (Å²) in [6.07, 6.45) is 0. The summed E-state index contributed by atoms with van der Waals surface area (Å²) < 4.78 is 0. The van der Waals surface area contributed by atoms with E-state index in [2.05, 4.69) is 11.7 Å². The van der Waals surface area contributed by atoms with E-state index >= 15 is 0 Å².